The Balaban J connectivity index is 2.16. The number of hydrogen-bond acceptors (Lipinski definition) is 1. The van der Waals surface area contributed by atoms with E-state index in [2.05, 4.69) is 71.8 Å². The maximum absolute atomic E-state index is 8.31. The molecule has 0 unspecified atom stereocenters. The van der Waals surface area contributed by atoms with Crippen LogP contribution in [0, 0.1) is 0 Å². The molecule has 2 nitrogen and oxygen atoms in total. The summed E-state index contributed by atoms with van der Waals surface area (Å²) in [7, 11) is 2.06. The summed E-state index contributed by atoms with van der Waals surface area (Å²) in [5, 5.41) is 0. The SMILES string of the molecule is [2H]C(C)(C)c1cc[n+](C)c(N2B(C)C=Cc3ccccc32)c1. The Hall–Kier alpha value is -2.03. The van der Waals surface area contributed by atoms with E-state index in [4.69, 9.17) is 1.37 Å². The van der Waals surface area contributed by atoms with E-state index in [0.717, 1.165) is 11.4 Å². The lowest BCUT2D eigenvalue weighted by Gasteiger charge is -2.26. The van der Waals surface area contributed by atoms with E-state index < -0.39 is 5.89 Å². The Bertz CT molecular complexity index is 734. The van der Waals surface area contributed by atoms with Gasteiger partial charge in [0.2, 0.25) is 0 Å². The molecular formula is C18H22BN2+. The van der Waals surface area contributed by atoms with Gasteiger partial charge in [0.1, 0.15) is 5.69 Å². The second-order valence-corrected chi connectivity index (χ2v) is 5.91. The predicted octanol–water partition coefficient (Wildman–Crippen LogP) is 3.96. The molecule has 2 aromatic rings. The quantitative estimate of drug-likeness (QED) is 0.595. The molecule has 3 rings (SSSR count). The fourth-order valence-corrected chi connectivity index (χ4v) is 2.84. The molecule has 3 heteroatoms. The van der Waals surface area contributed by atoms with E-state index >= 15 is 0 Å². The smallest absolute Gasteiger partial charge is 0.287 e. The lowest BCUT2D eigenvalue weighted by Crippen LogP contribution is -2.43. The third kappa shape index (κ3) is 2.48. The number of pyridine rings is 1. The molecule has 0 saturated heterocycles. The van der Waals surface area contributed by atoms with Crippen molar-refractivity contribution in [3.05, 3.63) is 59.7 Å². The van der Waals surface area contributed by atoms with Crippen LogP contribution in [0.4, 0.5) is 11.5 Å². The highest BCUT2D eigenvalue weighted by Crippen LogP contribution is 2.33. The van der Waals surface area contributed by atoms with Gasteiger partial charge in [0, 0.05) is 13.0 Å². The molecule has 0 spiro atoms. The van der Waals surface area contributed by atoms with Crippen LogP contribution in [-0.2, 0) is 7.05 Å². The molecule has 106 valence electrons. The lowest BCUT2D eigenvalue weighted by molar-refractivity contribution is -0.658. The third-order valence-electron chi connectivity index (χ3n) is 4.11. The van der Waals surface area contributed by atoms with E-state index in [1.54, 1.807) is 0 Å². The predicted molar refractivity (Wildman–Crippen MR) is 90.9 cm³/mol. The minimum Gasteiger partial charge on any atom is -0.287 e. The summed E-state index contributed by atoms with van der Waals surface area (Å²) in [4.78, 5) is 2.34. The van der Waals surface area contributed by atoms with Gasteiger partial charge in [0.15, 0.2) is 0 Å². The maximum atomic E-state index is 8.31. The van der Waals surface area contributed by atoms with Gasteiger partial charge in [-0.2, -0.15) is 0 Å². The van der Waals surface area contributed by atoms with Gasteiger partial charge in [-0.15, -0.1) is 0 Å². The van der Waals surface area contributed by atoms with Crippen molar-refractivity contribution < 1.29 is 5.94 Å². The van der Waals surface area contributed by atoms with E-state index in [-0.39, 0.29) is 6.85 Å². The monoisotopic (exact) mass is 278 g/mol. The Labute approximate surface area is 129 Å². The molecule has 0 N–H and O–H groups in total. The summed E-state index contributed by atoms with van der Waals surface area (Å²) < 4.78 is 10.4. The van der Waals surface area contributed by atoms with Crippen molar-refractivity contribution in [3.8, 4) is 0 Å². The molecule has 0 radical (unpaired) electrons. The van der Waals surface area contributed by atoms with Crippen molar-refractivity contribution >= 4 is 24.4 Å². The molecule has 1 aliphatic heterocycles. The number of anilines is 2. The topological polar surface area (TPSA) is 7.12 Å². The van der Waals surface area contributed by atoms with Crippen LogP contribution in [0.25, 0.3) is 6.08 Å². The molecule has 21 heavy (non-hydrogen) atoms. The zero-order valence-electron chi connectivity index (χ0n) is 14.2. The Kier molecular flexibility index (Phi) is 3.26. The normalized spacial score (nSPS) is 15.0. The average Bonchev–Trinajstić information content (AvgIpc) is 2.47. The maximum Gasteiger partial charge on any atom is 0.402 e. The van der Waals surface area contributed by atoms with Crippen molar-refractivity contribution in [3.63, 3.8) is 0 Å². The van der Waals surface area contributed by atoms with Gasteiger partial charge < -0.3 is 0 Å². The first kappa shape index (κ1) is 12.7. The number of nitrogens with zero attached hydrogens (tertiary/aromatic N) is 2. The molecule has 0 saturated carbocycles. The molecule has 1 aromatic heterocycles. The summed E-state index contributed by atoms with van der Waals surface area (Å²) in [6, 6.07) is 12.6. The van der Waals surface area contributed by atoms with Gasteiger partial charge in [-0.25, -0.2) is 4.57 Å². The van der Waals surface area contributed by atoms with Gasteiger partial charge in [0.05, 0.1) is 13.2 Å². The van der Waals surface area contributed by atoms with Crippen molar-refractivity contribution in [2.24, 2.45) is 7.05 Å². The first-order chi connectivity index (χ1) is 10.4. The molecule has 1 aromatic carbocycles. The molecular weight excluding hydrogens is 255 g/mol. The van der Waals surface area contributed by atoms with E-state index in [1.807, 2.05) is 19.9 Å². The summed E-state index contributed by atoms with van der Waals surface area (Å²) in [5.74, 6) is 2.74. The van der Waals surface area contributed by atoms with E-state index in [9.17, 15) is 0 Å². The zero-order chi connectivity index (χ0) is 15.9. The first-order valence-corrected chi connectivity index (χ1v) is 7.44. The van der Waals surface area contributed by atoms with Crippen molar-refractivity contribution in [1.29, 1.82) is 0 Å². The average molecular weight is 278 g/mol. The van der Waals surface area contributed by atoms with Crippen molar-refractivity contribution in [1.82, 2.24) is 0 Å². The van der Waals surface area contributed by atoms with Crippen LogP contribution in [0.2, 0.25) is 6.82 Å². The van der Waals surface area contributed by atoms with Gasteiger partial charge in [-0.1, -0.05) is 44.1 Å². The number of para-hydroxylation sites is 1. The zero-order valence-corrected chi connectivity index (χ0v) is 13.2. The standard InChI is InChI=1S/C18H22BN2/c1-14(2)16-10-12-20(4)18(13-16)21-17-8-6-5-7-15(17)9-11-19(21)3/h5-14H,1-4H3/q+1/i14D. The van der Waals surface area contributed by atoms with Crippen LogP contribution >= 0.6 is 0 Å². The third-order valence-corrected chi connectivity index (χ3v) is 4.11. The molecule has 2 heterocycles. The second kappa shape index (κ2) is 5.40. The molecule has 0 bridgehead atoms. The number of rotatable bonds is 2. The highest BCUT2D eigenvalue weighted by atomic mass is 15.2. The summed E-state index contributed by atoms with van der Waals surface area (Å²) in [6.45, 7) is 6.34. The van der Waals surface area contributed by atoms with Gasteiger partial charge >= 0.3 is 6.85 Å². The fraction of sp³-hybridized carbons (Fsp3) is 0.278. The minimum atomic E-state index is -0.600. The summed E-state index contributed by atoms with van der Waals surface area (Å²) in [6.07, 6.45) is 4.24. The Morgan fingerprint density at radius 1 is 1.24 bits per heavy atom. The highest BCUT2D eigenvalue weighted by molar-refractivity contribution is 6.69. The van der Waals surface area contributed by atoms with Crippen LogP contribution in [0.5, 0.6) is 0 Å². The Morgan fingerprint density at radius 2 is 2.00 bits per heavy atom. The van der Waals surface area contributed by atoms with Gasteiger partial charge in [-0.3, -0.25) is 4.81 Å². The second-order valence-electron chi connectivity index (χ2n) is 5.91. The summed E-state index contributed by atoms with van der Waals surface area (Å²) in [5.41, 5.74) is 3.48. The Morgan fingerprint density at radius 3 is 2.76 bits per heavy atom. The minimum absolute atomic E-state index is 0.283. The van der Waals surface area contributed by atoms with E-state index in [1.165, 1.54) is 11.3 Å². The van der Waals surface area contributed by atoms with Crippen LogP contribution in [0.3, 0.4) is 0 Å². The van der Waals surface area contributed by atoms with Crippen LogP contribution < -0.4 is 9.38 Å². The number of benzene rings is 1. The van der Waals surface area contributed by atoms with Crippen LogP contribution in [0.15, 0.2) is 48.6 Å². The molecule has 1 aliphatic rings. The number of hydrogen-bond donors (Lipinski definition) is 0. The van der Waals surface area contributed by atoms with Gasteiger partial charge in [0.25, 0.3) is 5.82 Å². The van der Waals surface area contributed by atoms with Crippen molar-refractivity contribution in [2.45, 2.75) is 26.6 Å². The lowest BCUT2D eigenvalue weighted by atomic mass is 9.60. The van der Waals surface area contributed by atoms with Gasteiger partial charge in [-0.05, 0) is 30.4 Å². The van der Waals surface area contributed by atoms with Crippen LogP contribution in [-0.4, -0.2) is 6.85 Å². The fourth-order valence-electron chi connectivity index (χ4n) is 2.84. The largest absolute Gasteiger partial charge is 0.402 e. The van der Waals surface area contributed by atoms with Crippen LogP contribution in [0.1, 0.15) is 32.2 Å². The highest BCUT2D eigenvalue weighted by Gasteiger charge is 2.33. The molecule has 0 aliphatic carbocycles. The number of fused-ring (bicyclic) bond motifs is 1. The molecule has 0 amide bonds. The number of aromatic nitrogens is 1. The molecule has 0 fully saturated rings. The first-order valence-electron chi connectivity index (χ1n) is 7.94. The van der Waals surface area contributed by atoms with Crippen molar-refractivity contribution in [2.75, 3.05) is 4.81 Å². The number of aryl methyl sites for hydroxylation is 1. The summed E-state index contributed by atoms with van der Waals surface area (Å²) >= 11 is 0. The molecule has 0 atom stereocenters. The van der Waals surface area contributed by atoms with E-state index in [0.29, 0.717) is 0 Å².